The molecule has 0 heterocycles. The van der Waals surface area contributed by atoms with Gasteiger partial charge in [-0.15, -0.1) is 0 Å². The third-order valence-corrected chi connectivity index (χ3v) is 7.88. The molecule has 0 spiro atoms. The van der Waals surface area contributed by atoms with Crippen molar-refractivity contribution in [2.45, 2.75) is 58.3 Å². The van der Waals surface area contributed by atoms with E-state index in [-0.39, 0.29) is 19.5 Å². The number of hydrogen-bond donors (Lipinski definition) is 7. The molecule has 0 aliphatic carbocycles. The molecule has 238 valence electrons. The van der Waals surface area contributed by atoms with E-state index in [1.54, 1.807) is 0 Å². The van der Waals surface area contributed by atoms with E-state index in [0.717, 1.165) is 11.8 Å². The van der Waals surface area contributed by atoms with Gasteiger partial charge in [0.25, 0.3) is 12.9 Å². The van der Waals surface area contributed by atoms with E-state index in [4.69, 9.17) is 19.1 Å². The molecule has 5 unspecified atom stereocenters. The van der Waals surface area contributed by atoms with Crippen molar-refractivity contribution in [3.05, 3.63) is 0 Å². The van der Waals surface area contributed by atoms with Crippen LogP contribution in [0.1, 0.15) is 40.5 Å². The molecule has 0 fully saturated rings. The highest BCUT2D eigenvalue weighted by Crippen LogP contribution is 2.46. The number of amides is 2. The van der Waals surface area contributed by atoms with Crippen LogP contribution in [0.5, 0.6) is 0 Å². The van der Waals surface area contributed by atoms with Crippen molar-refractivity contribution in [2.24, 2.45) is 17.3 Å². The predicted molar refractivity (Wildman–Crippen MR) is 137 cm³/mol. The number of carbonyl (C=O) groups excluding carboxylic acids is 5. The summed E-state index contributed by atoms with van der Waals surface area (Å²) in [5.74, 6) is -16.7. The van der Waals surface area contributed by atoms with Crippen LogP contribution < -0.4 is 5.32 Å². The van der Waals surface area contributed by atoms with Gasteiger partial charge in [-0.1, -0.05) is 6.92 Å². The molecular formula is C23H36N2O16Si. The number of hydrogen-bond acceptors (Lipinski definition) is 13. The smallest absolute Gasteiger partial charge is 0.481 e. The second-order valence-corrected chi connectivity index (χ2v) is 11.1. The highest BCUT2D eigenvalue weighted by atomic mass is 28.4. The summed E-state index contributed by atoms with van der Waals surface area (Å²) in [7, 11) is -4.57. The Labute approximate surface area is 240 Å². The summed E-state index contributed by atoms with van der Waals surface area (Å²) >= 11 is 0. The molecule has 0 saturated heterocycles. The molecular weight excluding hydrogens is 588 g/mol. The first-order valence-corrected chi connectivity index (χ1v) is 14.6. The molecule has 0 saturated carbocycles. The molecule has 0 bridgehead atoms. The maximum atomic E-state index is 14.0. The van der Waals surface area contributed by atoms with E-state index in [0.29, 0.717) is 6.92 Å². The van der Waals surface area contributed by atoms with Crippen LogP contribution in [0.25, 0.3) is 0 Å². The number of rotatable bonds is 21. The number of carbonyl (C=O) groups is 8. The van der Waals surface area contributed by atoms with Crippen molar-refractivity contribution < 1.29 is 77.5 Å². The lowest BCUT2D eigenvalue weighted by atomic mass is 9.60. The maximum absolute atomic E-state index is 14.0. The topological polar surface area (TPSA) is 292 Å². The minimum absolute atomic E-state index is 0.215. The van der Waals surface area contributed by atoms with Crippen LogP contribution in [0.3, 0.4) is 0 Å². The van der Waals surface area contributed by atoms with Crippen LogP contribution >= 0.6 is 0 Å². The van der Waals surface area contributed by atoms with Crippen molar-refractivity contribution in [1.82, 2.24) is 10.2 Å². The van der Waals surface area contributed by atoms with Crippen molar-refractivity contribution in [3.63, 3.8) is 0 Å². The zero-order valence-corrected chi connectivity index (χ0v) is 24.3. The molecule has 5 atom stereocenters. The Morgan fingerprint density at radius 3 is 1.79 bits per heavy atom. The lowest BCUT2D eigenvalue weighted by Gasteiger charge is -2.46. The molecule has 2 amide bonds. The summed E-state index contributed by atoms with van der Waals surface area (Å²) in [5, 5.41) is 32.6. The van der Waals surface area contributed by atoms with Gasteiger partial charge in [0.2, 0.25) is 23.5 Å². The summed E-state index contributed by atoms with van der Waals surface area (Å²) in [5.41, 5.74) is -6.67. The molecule has 0 aromatic carbocycles. The first-order chi connectivity index (χ1) is 19.4. The Balaban J connectivity index is 7.87. The van der Waals surface area contributed by atoms with Gasteiger partial charge in [-0.05, 0) is 33.6 Å². The summed E-state index contributed by atoms with van der Waals surface area (Å²) in [6, 6.07) is -0.602. The lowest BCUT2D eigenvalue weighted by Crippen LogP contribution is -2.69. The number of carboxylic acid groups (broad SMARTS) is 3. The van der Waals surface area contributed by atoms with Crippen LogP contribution in [-0.4, -0.2) is 123 Å². The fraction of sp³-hybridized carbons (Fsp3) is 0.652. The summed E-state index contributed by atoms with van der Waals surface area (Å²) < 4.78 is 9.35. The quantitative estimate of drug-likeness (QED) is 0.0294. The molecule has 0 rings (SSSR count). The third-order valence-electron chi connectivity index (χ3n) is 6.85. The zero-order valence-electron chi connectivity index (χ0n) is 23.3. The number of nitrogens with one attached hydrogen (secondary N) is 1. The van der Waals surface area contributed by atoms with E-state index in [2.05, 4.69) is 10.1 Å². The SMILES string of the molecule is CCN(CC)C(=O)C(C(C(=O)O)C(CC)(C(=O)O)C(=O)NCCC[Si](O)(O)O)C(OC=O)(C(C)=O)C(OC=O)C(=O)O. The van der Waals surface area contributed by atoms with E-state index in [1.165, 1.54) is 13.8 Å². The average Bonchev–Trinajstić information content (AvgIpc) is 2.88. The normalized spacial score (nSPS) is 16.3. The van der Waals surface area contributed by atoms with Gasteiger partial charge in [-0.25, -0.2) is 4.79 Å². The molecule has 7 N–H and O–H groups in total. The van der Waals surface area contributed by atoms with Crippen molar-refractivity contribution in [3.8, 4) is 0 Å². The van der Waals surface area contributed by atoms with Gasteiger partial charge in [0.05, 0.1) is 5.92 Å². The van der Waals surface area contributed by atoms with Crippen molar-refractivity contribution in [1.29, 1.82) is 0 Å². The van der Waals surface area contributed by atoms with Crippen LogP contribution in [-0.2, 0) is 47.8 Å². The molecule has 0 aromatic heterocycles. The molecule has 19 heteroatoms. The summed E-state index contributed by atoms with van der Waals surface area (Å²) in [6.45, 7) is 2.45. The van der Waals surface area contributed by atoms with E-state index >= 15 is 0 Å². The summed E-state index contributed by atoms with van der Waals surface area (Å²) in [6.07, 6.45) is -4.10. The van der Waals surface area contributed by atoms with E-state index in [1.807, 2.05) is 0 Å². The minimum Gasteiger partial charge on any atom is -0.481 e. The van der Waals surface area contributed by atoms with E-state index in [9.17, 15) is 53.7 Å². The molecule has 0 aromatic rings. The highest BCUT2D eigenvalue weighted by Gasteiger charge is 2.70. The number of aliphatic carboxylic acids is 3. The largest absolute Gasteiger partial charge is 0.492 e. The Kier molecular flexibility index (Phi) is 14.4. The number of nitrogens with zero attached hydrogens (tertiary/aromatic N) is 1. The number of Topliss-reactive ketones (excluding diaryl/α,β-unsaturated/α-hetero) is 1. The van der Waals surface area contributed by atoms with Crippen LogP contribution in [0.15, 0.2) is 0 Å². The standard InChI is InChI=1S/C23H36N2O16Si/c1-5-22(21(35)36,20(34)24-9-8-10-42(37,38)39)15(18(30)31)14(17(29)25(6-2)7-3)23(13(4)28,41-12-27)16(19(32)33)40-11-26/h11-12,14-16,37-39H,5-10H2,1-4H3,(H,24,34)(H,30,31)(H,32,33)(H,35,36). The number of ketones is 1. The molecule has 18 nitrogen and oxygen atoms in total. The first-order valence-electron chi connectivity index (χ1n) is 12.6. The fourth-order valence-electron chi connectivity index (χ4n) is 4.79. The van der Waals surface area contributed by atoms with Gasteiger partial charge in [-0.3, -0.25) is 33.6 Å². The van der Waals surface area contributed by atoms with Gasteiger partial charge in [0, 0.05) is 25.7 Å². The second kappa shape index (κ2) is 15.9. The van der Waals surface area contributed by atoms with Crippen molar-refractivity contribution in [2.75, 3.05) is 19.6 Å². The van der Waals surface area contributed by atoms with Gasteiger partial charge >= 0.3 is 26.7 Å². The first kappa shape index (κ1) is 38.1. The molecule has 0 aliphatic rings. The second-order valence-electron chi connectivity index (χ2n) is 9.08. The number of carboxylic acids is 3. The van der Waals surface area contributed by atoms with Gasteiger partial charge in [0.15, 0.2) is 11.2 Å². The lowest BCUT2D eigenvalue weighted by molar-refractivity contribution is -0.209. The Morgan fingerprint density at radius 2 is 1.45 bits per heavy atom. The van der Waals surface area contributed by atoms with Crippen LogP contribution in [0, 0.1) is 17.3 Å². The monoisotopic (exact) mass is 624 g/mol. The van der Waals surface area contributed by atoms with Crippen molar-refractivity contribution >= 4 is 57.3 Å². The predicted octanol–water partition coefficient (Wildman–Crippen LogP) is -2.80. The third kappa shape index (κ3) is 8.08. The summed E-state index contributed by atoms with van der Waals surface area (Å²) in [4.78, 5) is 130. The van der Waals surface area contributed by atoms with Gasteiger partial charge in [0.1, 0.15) is 5.92 Å². The zero-order chi connectivity index (χ0) is 33.1. The maximum Gasteiger partial charge on any atom is 0.492 e. The Bertz CT molecular complexity index is 1040. The van der Waals surface area contributed by atoms with Gasteiger partial charge < -0.3 is 49.4 Å². The fourth-order valence-corrected chi connectivity index (χ4v) is 5.45. The molecule has 0 radical (unpaired) electrons. The van der Waals surface area contributed by atoms with Crippen LogP contribution in [0.4, 0.5) is 0 Å². The Hall–Kier alpha value is -3.94. The Morgan fingerprint density at radius 1 is 0.905 bits per heavy atom. The molecule has 42 heavy (non-hydrogen) atoms. The van der Waals surface area contributed by atoms with E-state index < -0.39 is 105 Å². The highest BCUT2D eigenvalue weighted by molar-refractivity contribution is 6.56. The minimum atomic E-state index is -4.57. The average molecular weight is 625 g/mol. The van der Waals surface area contributed by atoms with Crippen LogP contribution in [0.2, 0.25) is 6.04 Å². The van der Waals surface area contributed by atoms with Gasteiger partial charge in [-0.2, -0.15) is 0 Å². The molecule has 0 aliphatic heterocycles. The number of ether oxygens (including phenoxy) is 2.